The molecule has 0 saturated heterocycles. The van der Waals surface area contributed by atoms with Gasteiger partial charge in [-0.2, -0.15) is 0 Å². The number of carbonyl (C=O) groups is 3. The third-order valence-electron chi connectivity index (χ3n) is 4.18. The van der Waals surface area contributed by atoms with Gasteiger partial charge in [0.05, 0.1) is 11.3 Å². The molecule has 8 heteroatoms. The summed E-state index contributed by atoms with van der Waals surface area (Å²) in [5, 5.41) is 6.16. The average molecular weight is 444 g/mol. The normalized spacial score (nSPS) is 10.6. The smallest absolute Gasteiger partial charge is 0.291 e. The van der Waals surface area contributed by atoms with Gasteiger partial charge in [-0.25, -0.2) is 0 Å². The average Bonchev–Trinajstić information content (AvgIpc) is 2.98. The summed E-state index contributed by atoms with van der Waals surface area (Å²) in [4.78, 5) is 35.9. The molecule has 144 valence electrons. The number of benzene rings is 2. The van der Waals surface area contributed by atoms with Crippen molar-refractivity contribution in [1.29, 1.82) is 0 Å². The second-order valence-electron chi connectivity index (χ2n) is 6.17. The SMILES string of the molecule is Cc1c(C(=O)Nc2ccccc2C(=O)NCCC(N)=O)oc2ccc(Br)cc12. The van der Waals surface area contributed by atoms with E-state index in [4.69, 9.17) is 10.2 Å². The molecule has 3 amide bonds. The van der Waals surface area contributed by atoms with E-state index in [1.807, 2.05) is 12.1 Å². The van der Waals surface area contributed by atoms with Gasteiger partial charge in [-0.3, -0.25) is 14.4 Å². The van der Waals surface area contributed by atoms with Crippen molar-refractivity contribution in [2.45, 2.75) is 13.3 Å². The van der Waals surface area contributed by atoms with Crippen LogP contribution in [0.2, 0.25) is 0 Å². The molecule has 1 heterocycles. The fourth-order valence-electron chi connectivity index (χ4n) is 2.77. The van der Waals surface area contributed by atoms with E-state index in [-0.39, 0.29) is 24.3 Å². The Hall–Kier alpha value is -3.13. The van der Waals surface area contributed by atoms with Crippen LogP contribution in [0.25, 0.3) is 11.0 Å². The van der Waals surface area contributed by atoms with Crippen LogP contribution >= 0.6 is 15.9 Å². The van der Waals surface area contributed by atoms with Gasteiger partial charge in [-0.15, -0.1) is 0 Å². The molecular formula is C20H18BrN3O4. The monoisotopic (exact) mass is 443 g/mol. The van der Waals surface area contributed by atoms with E-state index < -0.39 is 17.7 Å². The molecule has 0 fully saturated rings. The predicted molar refractivity (Wildman–Crippen MR) is 109 cm³/mol. The van der Waals surface area contributed by atoms with Crippen molar-refractivity contribution < 1.29 is 18.8 Å². The standard InChI is InChI=1S/C20H18BrN3O4/c1-11-14-10-12(21)6-7-16(14)28-18(11)20(27)24-15-5-3-2-4-13(15)19(26)23-9-8-17(22)25/h2-7,10H,8-9H2,1H3,(H2,22,25)(H,23,26)(H,24,27). The fourth-order valence-corrected chi connectivity index (χ4v) is 3.13. The van der Waals surface area contributed by atoms with Crippen LogP contribution in [0.15, 0.2) is 51.4 Å². The highest BCUT2D eigenvalue weighted by Gasteiger charge is 2.20. The van der Waals surface area contributed by atoms with E-state index in [0.717, 1.165) is 9.86 Å². The molecule has 0 unspecified atom stereocenters. The summed E-state index contributed by atoms with van der Waals surface area (Å²) < 4.78 is 6.58. The molecule has 7 nitrogen and oxygen atoms in total. The molecule has 0 aliphatic heterocycles. The maximum absolute atomic E-state index is 12.8. The number of primary amides is 1. The van der Waals surface area contributed by atoms with Crippen LogP contribution in [0.4, 0.5) is 5.69 Å². The summed E-state index contributed by atoms with van der Waals surface area (Å²) in [5.74, 6) is -1.20. The van der Waals surface area contributed by atoms with E-state index in [1.54, 1.807) is 37.3 Å². The number of furan rings is 1. The zero-order chi connectivity index (χ0) is 20.3. The highest BCUT2D eigenvalue weighted by Crippen LogP contribution is 2.29. The van der Waals surface area contributed by atoms with Crippen LogP contribution in [0.3, 0.4) is 0 Å². The summed E-state index contributed by atoms with van der Waals surface area (Å²) in [6.07, 6.45) is 0.0357. The molecule has 0 spiro atoms. The number of nitrogens with two attached hydrogens (primary N) is 1. The van der Waals surface area contributed by atoms with E-state index in [1.165, 1.54) is 0 Å². The molecule has 0 saturated carbocycles. The molecule has 3 rings (SSSR count). The number of rotatable bonds is 6. The van der Waals surface area contributed by atoms with Crippen molar-refractivity contribution in [3.8, 4) is 0 Å². The molecule has 0 aliphatic carbocycles. The maximum atomic E-state index is 12.8. The van der Waals surface area contributed by atoms with Crippen LogP contribution in [0.5, 0.6) is 0 Å². The van der Waals surface area contributed by atoms with Crippen molar-refractivity contribution in [2.75, 3.05) is 11.9 Å². The number of carbonyl (C=O) groups excluding carboxylic acids is 3. The lowest BCUT2D eigenvalue weighted by Crippen LogP contribution is -2.28. The molecule has 0 bridgehead atoms. The zero-order valence-electron chi connectivity index (χ0n) is 15.0. The Kier molecular flexibility index (Phi) is 5.79. The first kappa shape index (κ1) is 19.6. The van der Waals surface area contributed by atoms with Gasteiger partial charge in [0.15, 0.2) is 5.76 Å². The molecule has 4 N–H and O–H groups in total. The summed E-state index contributed by atoms with van der Waals surface area (Å²) in [7, 11) is 0. The fraction of sp³-hybridized carbons (Fsp3) is 0.150. The maximum Gasteiger partial charge on any atom is 0.291 e. The first-order valence-electron chi connectivity index (χ1n) is 8.52. The highest BCUT2D eigenvalue weighted by atomic mass is 79.9. The molecule has 0 atom stereocenters. The van der Waals surface area contributed by atoms with E-state index >= 15 is 0 Å². The molecule has 3 aromatic rings. The zero-order valence-corrected chi connectivity index (χ0v) is 16.6. The van der Waals surface area contributed by atoms with Gasteiger partial charge >= 0.3 is 0 Å². The minimum Gasteiger partial charge on any atom is -0.451 e. The number of nitrogens with one attached hydrogen (secondary N) is 2. The van der Waals surface area contributed by atoms with Gasteiger partial charge in [0.2, 0.25) is 5.91 Å². The van der Waals surface area contributed by atoms with Gasteiger partial charge in [0.25, 0.3) is 11.8 Å². The minimum atomic E-state index is -0.506. The third kappa shape index (κ3) is 4.23. The van der Waals surface area contributed by atoms with Gasteiger partial charge < -0.3 is 20.8 Å². The minimum absolute atomic E-state index is 0.0357. The van der Waals surface area contributed by atoms with Gasteiger partial charge in [-0.05, 0) is 37.3 Å². The number of aryl methyl sites for hydroxylation is 1. The Bertz CT molecular complexity index is 1070. The summed E-state index contributed by atoms with van der Waals surface area (Å²) in [6, 6.07) is 12.1. The van der Waals surface area contributed by atoms with Crippen molar-refractivity contribution in [3.05, 3.63) is 63.8 Å². The van der Waals surface area contributed by atoms with Gasteiger partial charge in [0, 0.05) is 28.4 Å². The number of para-hydroxylation sites is 1. The number of fused-ring (bicyclic) bond motifs is 1. The highest BCUT2D eigenvalue weighted by molar-refractivity contribution is 9.10. The lowest BCUT2D eigenvalue weighted by Gasteiger charge is -2.10. The van der Waals surface area contributed by atoms with Crippen LogP contribution < -0.4 is 16.4 Å². The molecule has 28 heavy (non-hydrogen) atoms. The van der Waals surface area contributed by atoms with Crippen molar-refractivity contribution >= 4 is 50.3 Å². The third-order valence-corrected chi connectivity index (χ3v) is 4.67. The van der Waals surface area contributed by atoms with Crippen molar-refractivity contribution in [3.63, 3.8) is 0 Å². The van der Waals surface area contributed by atoms with E-state index in [9.17, 15) is 14.4 Å². The van der Waals surface area contributed by atoms with Crippen LogP contribution in [-0.2, 0) is 4.79 Å². The Morgan fingerprint density at radius 3 is 2.61 bits per heavy atom. The molecule has 1 aromatic heterocycles. The van der Waals surface area contributed by atoms with Crippen molar-refractivity contribution in [2.24, 2.45) is 5.73 Å². The first-order chi connectivity index (χ1) is 13.4. The number of halogens is 1. The Labute approximate surface area is 169 Å². The van der Waals surface area contributed by atoms with Crippen molar-refractivity contribution in [1.82, 2.24) is 5.32 Å². The molecule has 0 aliphatic rings. The summed E-state index contributed by atoms with van der Waals surface area (Å²) >= 11 is 3.41. The second kappa shape index (κ2) is 8.26. The number of hydrogen-bond acceptors (Lipinski definition) is 4. The van der Waals surface area contributed by atoms with Gasteiger partial charge in [0.1, 0.15) is 5.58 Å². The quantitative estimate of drug-likeness (QED) is 0.541. The lowest BCUT2D eigenvalue weighted by molar-refractivity contribution is -0.117. The second-order valence-corrected chi connectivity index (χ2v) is 7.08. The molecular weight excluding hydrogens is 426 g/mol. The lowest BCUT2D eigenvalue weighted by atomic mass is 10.1. The first-order valence-corrected chi connectivity index (χ1v) is 9.31. The Morgan fingerprint density at radius 2 is 1.86 bits per heavy atom. The van der Waals surface area contributed by atoms with Crippen LogP contribution in [-0.4, -0.2) is 24.3 Å². The molecule has 0 radical (unpaired) electrons. The summed E-state index contributed by atoms with van der Waals surface area (Å²) in [6.45, 7) is 1.92. The van der Waals surface area contributed by atoms with Crippen LogP contribution in [0.1, 0.15) is 32.9 Å². The van der Waals surface area contributed by atoms with E-state index in [0.29, 0.717) is 16.8 Å². The largest absolute Gasteiger partial charge is 0.451 e. The topological polar surface area (TPSA) is 114 Å². The Balaban J connectivity index is 1.82. The Morgan fingerprint density at radius 1 is 1.11 bits per heavy atom. The van der Waals surface area contributed by atoms with Crippen LogP contribution in [0, 0.1) is 6.92 Å². The number of hydrogen-bond donors (Lipinski definition) is 3. The van der Waals surface area contributed by atoms with Gasteiger partial charge in [-0.1, -0.05) is 28.1 Å². The summed E-state index contributed by atoms with van der Waals surface area (Å²) in [5.41, 5.74) is 6.99. The number of anilines is 1. The van der Waals surface area contributed by atoms with E-state index in [2.05, 4.69) is 26.6 Å². The molecule has 2 aromatic carbocycles. The predicted octanol–water partition coefficient (Wildman–Crippen LogP) is 3.36. The number of amides is 3.